The van der Waals surface area contributed by atoms with Gasteiger partial charge in [-0.2, -0.15) is 5.10 Å². The number of hydrogen-bond donors (Lipinski definition) is 2. The van der Waals surface area contributed by atoms with Gasteiger partial charge in [-0.3, -0.25) is 9.67 Å². The first-order chi connectivity index (χ1) is 15.7. The van der Waals surface area contributed by atoms with Crippen molar-refractivity contribution < 1.29 is 4.74 Å². The van der Waals surface area contributed by atoms with Gasteiger partial charge in [-0.15, -0.1) is 0 Å². The highest BCUT2D eigenvalue weighted by atomic mass is 16.5. The summed E-state index contributed by atoms with van der Waals surface area (Å²) >= 11 is 0. The van der Waals surface area contributed by atoms with Crippen LogP contribution in [0, 0.1) is 12.8 Å². The monoisotopic (exact) mass is 431 g/mol. The third kappa shape index (κ3) is 5.98. The van der Waals surface area contributed by atoms with Gasteiger partial charge in [0.2, 0.25) is 0 Å². The van der Waals surface area contributed by atoms with Crippen molar-refractivity contribution in [2.45, 2.75) is 39.0 Å². The predicted molar refractivity (Wildman–Crippen MR) is 129 cm³/mol. The predicted octanol–water partition coefficient (Wildman–Crippen LogP) is 4.07. The van der Waals surface area contributed by atoms with E-state index in [0.29, 0.717) is 5.92 Å². The highest BCUT2D eigenvalue weighted by Gasteiger charge is 2.27. The van der Waals surface area contributed by atoms with Gasteiger partial charge < -0.3 is 15.4 Å². The molecule has 0 radical (unpaired) electrons. The smallest absolute Gasteiger partial charge is 0.191 e. The van der Waals surface area contributed by atoms with Crippen molar-refractivity contribution >= 4 is 5.96 Å². The highest BCUT2D eigenvalue weighted by molar-refractivity contribution is 5.79. The zero-order valence-electron chi connectivity index (χ0n) is 19.0. The van der Waals surface area contributed by atoms with Crippen molar-refractivity contribution in [2.75, 3.05) is 20.2 Å². The summed E-state index contributed by atoms with van der Waals surface area (Å²) in [5.74, 6) is 1.23. The fourth-order valence-electron chi connectivity index (χ4n) is 4.23. The van der Waals surface area contributed by atoms with Gasteiger partial charge in [-0.25, -0.2) is 0 Å². The van der Waals surface area contributed by atoms with Crippen LogP contribution in [0.15, 0.2) is 72.0 Å². The van der Waals surface area contributed by atoms with Gasteiger partial charge in [0.15, 0.2) is 5.96 Å². The Morgan fingerprint density at radius 2 is 1.97 bits per heavy atom. The fraction of sp³-hybridized carbons (Fsp3) is 0.385. The normalized spacial score (nSPS) is 19.0. The number of nitrogens with one attached hydrogen (secondary N) is 2. The SMILES string of the molecule is CN=C(NCc1cccc(Cn2cccn2)c1)NCC1CCCOC1c1ccc(C)cc1. The molecule has 1 aliphatic rings. The summed E-state index contributed by atoms with van der Waals surface area (Å²) in [4.78, 5) is 4.42. The van der Waals surface area contributed by atoms with Crippen LogP contribution in [0.1, 0.15) is 41.2 Å². The Hall–Kier alpha value is -3.12. The van der Waals surface area contributed by atoms with E-state index in [-0.39, 0.29) is 6.10 Å². The van der Waals surface area contributed by atoms with E-state index in [9.17, 15) is 0 Å². The minimum atomic E-state index is 0.133. The van der Waals surface area contributed by atoms with Gasteiger partial charge in [0.1, 0.15) is 0 Å². The lowest BCUT2D eigenvalue weighted by Crippen LogP contribution is -2.41. The molecular weight excluding hydrogens is 398 g/mol. The molecule has 168 valence electrons. The largest absolute Gasteiger partial charge is 0.373 e. The van der Waals surface area contributed by atoms with E-state index in [1.165, 1.54) is 22.3 Å². The van der Waals surface area contributed by atoms with Crippen LogP contribution in [0.2, 0.25) is 0 Å². The van der Waals surface area contributed by atoms with Crippen molar-refractivity contribution in [3.05, 3.63) is 89.2 Å². The zero-order valence-corrected chi connectivity index (χ0v) is 19.0. The van der Waals surface area contributed by atoms with Crippen molar-refractivity contribution in [1.29, 1.82) is 0 Å². The van der Waals surface area contributed by atoms with Gasteiger partial charge in [0, 0.05) is 45.1 Å². The van der Waals surface area contributed by atoms with E-state index in [0.717, 1.165) is 45.0 Å². The summed E-state index contributed by atoms with van der Waals surface area (Å²) in [7, 11) is 1.82. The highest BCUT2D eigenvalue weighted by Crippen LogP contribution is 2.33. The molecule has 2 heterocycles. The lowest BCUT2D eigenvalue weighted by atomic mass is 9.89. The van der Waals surface area contributed by atoms with Crippen LogP contribution in [-0.4, -0.2) is 35.9 Å². The molecule has 4 rings (SSSR count). The average molecular weight is 432 g/mol. The van der Waals surface area contributed by atoms with E-state index in [4.69, 9.17) is 4.74 Å². The summed E-state index contributed by atoms with van der Waals surface area (Å²) < 4.78 is 8.09. The lowest BCUT2D eigenvalue weighted by Gasteiger charge is -2.32. The van der Waals surface area contributed by atoms with E-state index in [1.807, 2.05) is 30.2 Å². The maximum absolute atomic E-state index is 6.16. The molecule has 0 saturated carbocycles. The van der Waals surface area contributed by atoms with Crippen LogP contribution in [0.25, 0.3) is 0 Å². The quantitative estimate of drug-likeness (QED) is 0.437. The Kier molecular flexibility index (Phi) is 7.56. The molecule has 6 nitrogen and oxygen atoms in total. The van der Waals surface area contributed by atoms with Crippen LogP contribution in [0.3, 0.4) is 0 Å². The molecule has 2 unspecified atom stereocenters. The summed E-state index contributed by atoms with van der Waals surface area (Å²) in [6, 6.07) is 19.2. The molecule has 0 spiro atoms. The Balaban J connectivity index is 1.31. The Labute approximate surface area is 190 Å². The van der Waals surface area contributed by atoms with Crippen LogP contribution in [-0.2, 0) is 17.8 Å². The Morgan fingerprint density at radius 3 is 2.75 bits per heavy atom. The van der Waals surface area contributed by atoms with Gasteiger partial charge in [0.25, 0.3) is 0 Å². The van der Waals surface area contributed by atoms with Crippen molar-refractivity contribution in [1.82, 2.24) is 20.4 Å². The minimum Gasteiger partial charge on any atom is -0.373 e. The molecule has 1 saturated heterocycles. The van der Waals surface area contributed by atoms with Crippen LogP contribution < -0.4 is 10.6 Å². The number of nitrogens with zero attached hydrogens (tertiary/aromatic N) is 3. The molecule has 2 atom stereocenters. The maximum Gasteiger partial charge on any atom is 0.191 e. The summed E-state index contributed by atoms with van der Waals surface area (Å²) in [6.07, 6.45) is 6.17. The van der Waals surface area contributed by atoms with E-state index in [1.54, 1.807) is 0 Å². The van der Waals surface area contributed by atoms with E-state index >= 15 is 0 Å². The second-order valence-electron chi connectivity index (χ2n) is 8.43. The van der Waals surface area contributed by atoms with Gasteiger partial charge >= 0.3 is 0 Å². The maximum atomic E-state index is 6.16. The Bertz CT molecular complexity index is 997. The number of aromatic nitrogens is 2. The molecule has 32 heavy (non-hydrogen) atoms. The molecular formula is C26H33N5O. The van der Waals surface area contributed by atoms with E-state index in [2.05, 4.69) is 76.2 Å². The second kappa shape index (κ2) is 11.0. The first-order valence-electron chi connectivity index (χ1n) is 11.4. The summed E-state index contributed by atoms with van der Waals surface area (Å²) in [5, 5.41) is 11.3. The molecule has 3 aromatic rings. The van der Waals surface area contributed by atoms with Gasteiger partial charge in [-0.1, -0.05) is 54.1 Å². The molecule has 6 heteroatoms. The number of hydrogen-bond acceptors (Lipinski definition) is 3. The first-order valence-corrected chi connectivity index (χ1v) is 11.4. The third-order valence-corrected chi connectivity index (χ3v) is 5.96. The number of benzene rings is 2. The molecule has 1 fully saturated rings. The number of aliphatic imine (C=N–C) groups is 1. The third-order valence-electron chi connectivity index (χ3n) is 5.96. The van der Waals surface area contributed by atoms with Crippen molar-refractivity contribution in [3.8, 4) is 0 Å². The van der Waals surface area contributed by atoms with E-state index < -0.39 is 0 Å². The van der Waals surface area contributed by atoms with Gasteiger partial charge in [0.05, 0.1) is 12.6 Å². The molecule has 0 aliphatic carbocycles. The summed E-state index contributed by atoms with van der Waals surface area (Å²) in [5.41, 5.74) is 4.99. The number of guanidine groups is 1. The molecule has 0 amide bonds. The summed E-state index contributed by atoms with van der Waals surface area (Å²) in [6.45, 7) is 5.27. The van der Waals surface area contributed by atoms with Crippen LogP contribution in [0.5, 0.6) is 0 Å². The number of rotatable bonds is 7. The zero-order chi connectivity index (χ0) is 22.2. The second-order valence-corrected chi connectivity index (χ2v) is 8.43. The number of aryl methyl sites for hydroxylation is 1. The molecule has 2 aromatic carbocycles. The van der Waals surface area contributed by atoms with Gasteiger partial charge in [-0.05, 0) is 42.5 Å². The number of ether oxygens (including phenoxy) is 1. The fourth-order valence-corrected chi connectivity index (χ4v) is 4.23. The topological polar surface area (TPSA) is 63.5 Å². The molecule has 1 aromatic heterocycles. The first kappa shape index (κ1) is 22.1. The van der Waals surface area contributed by atoms with Crippen LogP contribution in [0.4, 0.5) is 0 Å². The minimum absolute atomic E-state index is 0.133. The molecule has 1 aliphatic heterocycles. The average Bonchev–Trinajstić information content (AvgIpc) is 3.33. The Morgan fingerprint density at radius 1 is 1.12 bits per heavy atom. The molecule has 0 bridgehead atoms. The lowest BCUT2D eigenvalue weighted by molar-refractivity contribution is -0.0265. The van der Waals surface area contributed by atoms with Crippen molar-refractivity contribution in [2.24, 2.45) is 10.9 Å². The molecule has 2 N–H and O–H groups in total. The van der Waals surface area contributed by atoms with Crippen LogP contribution >= 0.6 is 0 Å². The van der Waals surface area contributed by atoms with Crippen molar-refractivity contribution in [3.63, 3.8) is 0 Å². The standard InChI is InChI=1S/C26H33N5O/c1-20-9-11-23(12-10-20)25-24(8-4-15-32-25)18-29-26(27-2)28-17-21-6-3-7-22(16-21)19-31-14-5-13-30-31/h3,5-7,9-14,16,24-25H,4,8,15,17-19H2,1-2H3,(H2,27,28,29).